The van der Waals surface area contributed by atoms with E-state index in [1.807, 2.05) is 60.0 Å². The number of amides is 1. The number of ether oxygens (including phenoxy) is 3. The number of benzene rings is 3. The molecule has 10 nitrogen and oxygen atoms in total. The molecule has 4 aromatic rings. The summed E-state index contributed by atoms with van der Waals surface area (Å²) in [6, 6.07) is 20.5. The lowest BCUT2D eigenvalue weighted by Gasteiger charge is -2.11. The Morgan fingerprint density at radius 3 is 2.38 bits per heavy atom. The van der Waals surface area contributed by atoms with Gasteiger partial charge in [-0.05, 0) is 67.1 Å². The van der Waals surface area contributed by atoms with Crippen LogP contribution in [0.1, 0.15) is 18.1 Å². The summed E-state index contributed by atoms with van der Waals surface area (Å²) in [5.41, 5.74) is 6.03. The van der Waals surface area contributed by atoms with Crippen molar-refractivity contribution in [3.05, 3.63) is 77.9 Å². The summed E-state index contributed by atoms with van der Waals surface area (Å²) in [6.07, 6.45) is 1.47. The second-order valence-electron chi connectivity index (χ2n) is 8.29. The van der Waals surface area contributed by atoms with Crippen molar-refractivity contribution in [1.82, 2.24) is 20.2 Å². The second-order valence-corrected chi connectivity index (χ2v) is 9.23. The zero-order chi connectivity index (χ0) is 27.8. The maximum atomic E-state index is 12.5. The molecule has 11 heteroatoms. The molecule has 200 valence electrons. The first kappa shape index (κ1) is 27.4. The van der Waals surface area contributed by atoms with Crippen molar-refractivity contribution < 1.29 is 23.8 Å². The van der Waals surface area contributed by atoms with Gasteiger partial charge in [0.2, 0.25) is 0 Å². The van der Waals surface area contributed by atoms with Gasteiger partial charge in [0.15, 0.2) is 22.5 Å². The molecule has 1 amide bonds. The number of carbonyl (C=O) groups is 2. The average molecular weight is 546 g/mol. The maximum Gasteiger partial charge on any atom is 0.308 e. The Labute approximate surface area is 230 Å². The molecule has 0 aliphatic rings. The van der Waals surface area contributed by atoms with E-state index < -0.39 is 5.97 Å². The summed E-state index contributed by atoms with van der Waals surface area (Å²) in [7, 11) is 3.09. The van der Waals surface area contributed by atoms with Crippen LogP contribution in [0.25, 0.3) is 17.1 Å². The van der Waals surface area contributed by atoms with E-state index >= 15 is 0 Å². The summed E-state index contributed by atoms with van der Waals surface area (Å²) in [4.78, 5) is 23.8. The topological polar surface area (TPSA) is 117 Å². The number of esters is 1. The van der Waals surface area contributed by atoms with Crippen LogP contribution in [0.2, 0.25) is 0 Å². The highest BCUT2D eigenvalue weighted by Crippen LogP contribution is 2.30. The summed E-state index contributed by atoms with van der Waals surface area (Å²) < 4.78 is 17.5. The number of thioether (sulfide) groups is 1. The molecule has 0 aliphatic heterocycles. The molecule has 1 N–H and O–H groups in total. The van der Waals surface area contributed by atoms with Crippen molar-refractivity contribution in [2.24, 2.45) is 5.10 Å². The van der Waals surface area contributed by atoms with E-state index in [4.69, 9.17) is 14.2 Å². The van der Waals surface area contributed by atoms with Crippen LogP contribution in [0.5, 0.6) is 17.2 Å². The summed E-state index contributed by atoms with van der Waals surface area (Å²) in [5, 5.41) is 13.4. The van der Waals surface area contributed by atoms with Gasteiger partial charge in [-0.25, -0.2) is 5.43 Å². The molecule has 4 rings (SSSR count). The molecule has 0 saturated carbocycles. The van der Waals surface area contributed by atoms with E-state index in [1.54, 1.807) is 25.3 Å². The Morgan fingerprint density at radius 2 is 1.72 bits per heavy atom. The van der Waals surface area contributed by atoms with E-state index in [0.29, 0.717) is 28.0 Å². The smallest absolute Gasteiger partial charge is 0.308 e. The van der Waals surface area contributed by atoms with E-state index in [0.717, 1.165) is 22.6 Å². The van der Waals surface area contributed by atoms with Gasteiger partial charge in [0.1, 0.15) is 5.75 Å². The molecule has 0 radical (unpaired) electrons. The fourth-order valence-electron chi connectivity index (χ4n) is 3.56. The molecular formula is C28H27N5O5S. The van der Waals surface area contributed by atoms with Crippen LogP contribution in [-0.2, 0) is 9.59 Å². The monoisotopic (exact) mass is 545 g/mol. The molecule has 0 fully saturated rings. The van der Waals surface area contributed by atoms with Gasteiger partial charge in [-0.2, -0.15) is 5.10 Å². The Morgan fingerprint density at radius 1 is 0.974 bits per heavy atom. The van der Waals surface area contributed by atoms with Gasteiger partial charge in [-0.1, -0.05) is 29.5 Å². The Hall–Kier alpha value is -4.64. The largest absolute Gasteiger partial charge is 0.497 e. The Kier molecular flexibility index (Phi) is 8.95. The summed E-state index contributed by atoms with van der Waals surface area (Å²) >= 11 is 1.25. The molecule has 0 unspecified atom stereocenters. The van der Waals surface area contributed by atoms with Crippen molar-refractivity contribution in [2.45, 2.75) is 19.0 Å². The minimum Gasteiger partial charge on any atom is -0.497 e. The second kappa shape index (κ2) is 12.7. The maximum absolute atomic E-state index is 12.5. The minimum absolute atomic E-state index is 0.0681. The fraction of sp³-hybridized carbons (Fsp3) is 0.179. The summed E-state index contributed by atoms with van der Waals surface area (Å²) in [5.74, 6) is 1.37. The highest BCUT2D eigenvalue weighted by Gasteiger charge is 2.17. The minimum atomic E-state index is -0.450. The third-order valence-electron chi connectivity index (χ3n) is 5.45. The molecule has 1 heterocycles. The van der Waals surface area contributed by atoms with Gasteiger partial charge in [0.05, 0.1) is 26.2 Å². The number of hydrazone groups is 1. The summed E-state index contributed by atoms with van der Waals surface area (Å²) in [6.45, 7) is 3.33. The highest BCUT2D eigenvalue weighted by molar-refractivity contribution is 7.99. The Bertz CT molecular complexity index is 1480. The fourth-order valence-corrected chi connectivity index (χ4v) is 4.31. The number of nitrogens with zero attached hydrogens (tertiary/aromatic N) is 4. The molecule has 0 saturated heterocycles. The quantitative estimate of drug-likeness (QED) is 0.102. The van der Waals surface area contributed by atoms with Gasteiger partial charge in [-0.3, -0.25) is 14.2 Å². The third-order valence-corrected chi connectivity index (χ3v) is 6.38. The highest BCUT2D eigenvalue weighted by atomic mass is 32.2. The van der Waals surface area contributed by atoms with Gasteiger partial charge < -0.3 is 14.2 Å². The van der Waals surface area contributed by atoms with Gasteiger partial charge in [0, 0.05) is 18.2 Å². The number of hydrogen-bond acceptors (Lipinski definition) is 9. The van der Waals surface area contributed by atoms with Crippen LogP contribution < -0.4 is 19.6 Å². The molecule has 1 aromatic heterocycles. The standard InChI is InChI=1S/C28H27N5O5S/c1-18-5-10-22(11-6-18)33-27(21-8-12-23(36-3)13-9-21)31-32-28(33)39-17-26(35)30-29-16-20-7-14-24(38-19(2)34)25(15-20)37-4/h5-16H,17H2,1-4H3,(H,30,35). The molecular weight excluding hydrogens is 518 g/mol. The molecule has 0 spiro atoms. The van der Waals surface area contributed by atoms with Crippen molar-refractivity contribution in [3.8, 4) is 34.3 Å². The van der Waals surface area contributed by atoms with E-state index in [1.165, 1.54) is 32.0 Å². The van der Waals surface area contributed by atoms with E-state index in [-0.39, 0.29) is 11.7 Å². The van der Waals surface area contributed by atoms with Crippen molar-refractivity contribution >= 4 is 29.9 Å². The first-order chi connectivity index (χ1) is 18.9. The number of hydrogen-bond donors (Lipinski definition) is 1. The van der Waals surface area contributed by atoms with Crippen LogP contribution in [0.4, 0.5) is 0 Å². The zero-order valence-electron chi connectivity index (χ0n) is 21.9. The molecule has 3 aromatic carbocycles. The number of nitrogens with one attached hydrogen (secondary N) is 1. The van der Waals surface area contributed by atoms with Gasteiger partial charge in [-0.15, -0.1) is 10.2 Å². The lowest BCUT2D eigenvalue weighted by atomic mass is 10.2. The molecule has 0 aliphatic carbocycles. The van der Waals surface area contributed by atoms with Crippen LogP contribution in [0.15, 0.2) is 77.0 Å². The average Bonchev–Trinajstić information content (AvgIpc) is 3.36. The van der Waals surface area contributed by atoms with E-state index in [9.17, 15) is 9.59 Å². The first-order valence-electron chi connectivity index (χ1n) is 11.9. The van der Waals surface area contributed by atoms with Crippen molar-refractivity contribution in [3.63, 3.8) is 0 Å². The Balaban J connectivity index is 1.46. The number of aryl methyl sites for hydroxylation is 1. The van der Waals surface area contributed by atoms with Gasteiger partial charge in [0.25, 0.3) is 5.91 Å². The van der Waals surface area contributed by atoms with Crippen LogP contribution >= 0.6 is 11.8 Å². The number of carbonyl (C=O) groups excluding carboxylic acids is 2. The number of rotatable bonds is 10. The SMILES string of the molecule is COc1ccc(-c2nnc(SCC(=O)NN=Cc3ccc(OC(C)=O)c(OC)c3)n2-c2ccc(C)cc2)cc1. The zero-order valence-corrected chi connectivity index (χ0v) is 22.7. The first-order valence-corrected chi connectivity index (χ1v) is 12.8. The normalized spacial score (nSPS) is 10.9. The van der Waals surface area contributed by atoms with E-state index in [2.05, 4.69) is 20.7 Å². The lowest BCUT2D eigenvalue weighted by Crippen LogP contribution is -2.20. The van der Waals surface area contributed by atoms with Crippen LogP contribution in [-0.4, -0.2) is 52.8 Å². The number of aromatic nitrogens is 3. The van der Waals surface area contributed by atoms with Crippen molar-refractivity contribution in [2.75, 3.05) is 20.0 Å². The predicted octanol–water partition coefficient (Wildman–Crippen LogP) is 4.43. The lowest BCUT2D eigenvalue weighted by molar-refractivity contribution is -0.132. The van der Waals surface area contributed by atoms with Crippen LogP contribution in [0, 0.1) is 6.92 Å². The van der Waals surface area contributed by atoms with Crippen molar-refractivity contribution in [1.29, 1.82) is 0 Å². The molecule has 0 atom stereocenters. The van der Waals surface area contributed by atoms with Gasteiger partial charge >= 0.3 is 5.97 Å². The third kappa shape index (κ3) is 7.02. The number of methoxy groups -OCH3 is 2. The van der Waals surface area contributed by atoms with Crippen LogP contribution in [0.3, 0.4) is 0 Å². The molecule has 39 heavy (non-hydrogen) atoms. The predicted molar refractivity (Wildman–Crippen MR) is 149 cm³/mol. The molecule has 0 bridgehead atoms.